The van der Waals surface area contributed by atoms with Crippen LogP contribution in [0.25, 0.3) is 10.9 Å². The summed E-state index contributed by atoms with van der Waals surface area (Å²) in [4.78, 5) is 23.7. The van der Waals surface area contributed by atoms with Gasteiger partial charge in [-0.05, 0) is 61.1 Å². The third-order valence-electron chi connectivity index (χ3n) is 6.96. The van der Waals surface area contributed by atoms with Gasteiger partial charge >= 0.3 is 0 Å². The Labute approximate surface area is 246 Å². The number of hydrogen-bond acceptors (Lipinski definition) is 8. The molecule has 8 heteroatoms. The Hall–Kier alpha value is -4.01. The standard InChI is InChI=1S/C33H37N5O2S/c1-4-6-17-28(38-40)31(23(3)13-5-2)36-32-26-16-9-10-18-27(26)35-33(37-32)34-21-24-14-7-11-19-29(24)41-30-20-12-8-15-25(30)22-39/h4-5,7-16,18-20,23,28,31,39H,1,6,17,21-22H2,2-3H3,(H2,34,35,36,37)/b13-5-/t23?,28-,31+/m0/s1. The van der Waals surface area contributed by atoms with E-state index in [-0.39, 0.29) is 18.6 Å². The second-order valence-corrected chi connectivity index (χ2v) is 10.9. The lowest BCUT2D eigenvalue weighted by molar-refractivity contribution is 0.279. The molecule has 1 unspecified atom stereocenters. The van der Waals surface area contributed by atoms with Crippen LogP contribution >= 0.6 is 11.8 Å². The third-order valence-corrected chi connectivity index (χ3v) is 8.19. The molecule has 0 aliphatic rings. The van der Waals surface area contributed by atoms with Crippen molar-refractivity contribution in [3.63, 3.8) is 0 Å². The third kappa shape index (κ3) is 7.80. The van der Waals surface area contributed by atoms with E-state index in [1.54, 1.807) is 11.8 Å². The number of aliphatic hydroxyl groups is 1. The normalized spacial score (nSPS) is 13.5. The van der Waals surface area contributed by atoms with Gasteiger partial charge in [-0.2, -0.15) is 9.89 Å². The summed E-state index contributed by atoms with van der Waals surface area (Å²) in [6.07, 6.45) is 7.20. The summed E-state index contributed by atoms with van der Waals surface area (Å²) in [5.74, 6) is 1.19. The molecule has 4 aromatic rings. The zero-order valence-corrected chi connectivity index (χ0v) is 24.3. The van der Waals surface area contributed by atoms with Gasteiger partial charge in [0.2, 0.25) is 5.95 Å². The lowest BCUT2D eigenvalue weighted by Crippen LogP contribution is -2.37. The smallest absolute Gasteiger partial charge is 0.225 e. The Morgan fingerprint density at radius 2 is 1.68 bits per heavy atom. The van der Waals surface area contributed by atoms with E-state index in [4.69, 9.17) is 9.97 Å². The Balaban J connectivity index is 1.62. The van der Waals surface area contributed by atoms with Crippen molar-refractivity contribution in [3.05, 3.63) is 114 Å². The van der Waals surface area contributed by atoms with Crippen molar-refractivity contribution in [1.29, 1.82) is 0 Å². The topological polar surface area (TPSA) is 99.5 Å². The van der Waals surface area contributed by atoms with Gasteiger partial charge in [-0.3, -0.25) is 0 Å². The van der Waals surface area contributed by atoms with Gasteiger partial charge in [0.05, 0.1) is 18.2 Å². The van der Waals surface area contributed by atoms with Crippen LogP contribution in [0.3, 0.4) is 0 Å². The summed E-state index contributed by atoms with van der Waals surface area (Å²) >= 11 is 1.63. The molecule has 1 heterocycles. The average molecular weight is 568 g/mol. The first kappa shape index (κ1) is 30.0. The molecule has 3 N–H and O–H groups in total. The maximum absolute atomic E-state index is 11.9. The molecule has 3 atom stereocenters. The van der Waals surface area contributed by atoms with Crippen molar-refractivity contribution < 1.29 is 5.11 Å². The van der Waals surface area contributed by atoms with E-state index >= 15 is 0 Å². The molecule has 0 radical (unpaired) electrons. The van der Waals surface area contributed by atoms with E-state index in [2.05, 4.69) is 47.5 Å². The average Bonchev–Trinajstić information content (AvgIpc) is 3.00. The minimum atomic E-state index is -0.449. The number of anilines is 2. The van der Waals surface area contributed by atoms with Crippen molar-refractivity contribution >= 4 is 34.4 Å². The van der Waals surface area contributed by atoms with Crippen molar-refractivity contribution in [3.8, 4) is 0 Å². The van der Waals surface area contributed by atoms with Crippen molar-refractivity contribution in [2.45, 2.75) is 61.7 Å². The van der Waals surface area contributed by atoms with Crippen molar-refractivity contribution in [2.75, 3.05) is 10.6 Å². The summed E-state index contributed by atoms with van der Waals surface area (Å²) in [5, 5.41) is 21.1. The SMILES string of the molecule is C=CCC[C@H](N=O)[C@H](Nc1nc(NCc2ccccc2Sc2ccccc2CO)nc2ccccc12)C(C)/C=C\C. The number of fused-ring (bicyclic) bond motifs is 1. The fourth-order valence-corrected chi connectivity index (χ4v) is 5.85. The van der Waals surface area contributed by atoms with E-state index in [1.807, 2.05) is 79.7 Å². The van der Waals surface area contributed by atoms with Gasteiger partial charge in [0.1, 0.15) is 11.9 Å². The molecule has 0 bridgehead atoms. The number of nitrogens with one attached hydrogen (secondary N) is 2. The number of rotatable bonds is 15. The second-order valence-electron chi connectivity index (χ2n) is 9.84. The number of benzene rings is 3. The first-order valence-corrected chi connectivity index (χ1v) is 14.7. The highest BCUT2D eigenvalue weighted by atomic mass is 32.2. The van der Waals surface area contributed by atoms with Crippen LogP contribution in [0.2, 0.25) is 0 Å². The number of aromatic nitrogens is 2. The first-order valence-electron chi connectivity index (χ1n) is 13.9. The Morgan fingerprint density at radius 1 is 1.00 bits per heavy atom. The molecule has 1 aromatic heterocycles. The van der Waals surface area contributed by atoms with E-state index in [0.29, 0.717) is 31.2 Å². The van der Waals surface area contributed by atoms with Gasteiger partial charge in [-0.1, -0.05) is 90.6 Å². The van der Waals surface area contributed by atoms with Crippen LogP contribution in [0, 0.1) is 10.8 Å². The van der Waals surface area contributed by atoms with Crippen LogP contribution < -0.4 is 10.6 Å². The second kappa shape index (κ2) is 15.1. The fourth-order valence-electron chi connectivity index (χ4n) is 4.79. The molecule has 0 spiro atoms. The molecular formula is C33H37N5O2S. The number of nitrogens with zero attached hydrogens (tertiary/aromatic N) is 3. The van der Waals surface area contributed by atoms with Gasteiger partial charge in [0.25, 0.3) is 0 Å². The van der Waals surface area contributed by atoms with Crippen LogP contribution in [0.15, 0.2) is 113 Å². The minimum Gasteiger partial charge on any atom is -0.392 e. The van der Waals surface area contributed by atoms with E-state index < -0.39 is 6.04 Å². The largest absolute Gasteiger partial charge is 0.392 e. The Morgan fingerprint density at radius 3 is 2.39 bits per heavy atom. The van der Waals surface area contributed by atoms with E-state index in [1.165, 1.54) is 0 Å². The molecule has 0 aliphatic carbocycles. The molecule has 0 saturated heterocycles. The maximum Gasteiger partial charge on any atom is 0.225 e. The van der Waals surface area contributed by atoms with Gasteiger partial charge in [-0.25, -0.2) is 4.98 Å². The summed E-state index contributed by atoms with van der Waals surface area (Å²) in [7, 11) is 0. The molecule has 0 aliphatic heterocycles. The number of hydrogen-bond donors (Lipinski definition) is 3. The molecule has 7 nitrogen and oxygen atoms in total. The van der Waals surface area contributed by atoms with Gasteiger partial charge < -0.3 is 15.7 Å². The van der Waals surface area contributed by atoms with Crippen LogP contribution in [0.1, 0.15) is 37.8 Å². The molecule has 41 heavy (non-hydrogen) atoms. The molecule has 0 fully saturated rings. The lowest BCUT2D eigenvalue weighted by Gasteiger charge is -2.28. The molecular weight excluding hydrogens is 530 g/mol. The molecule has 0 amide bonds. The molecule has 3 aromatic carbocycles. The zero-order valence-electron chi connectivity index (χ0n) is 23.5. The highest BCUT2D eigenvalue weighted by molar-refractivity contribution is 7.99. The van der Waals surface area contributed by atoms with Crippen molar-refractivity contribution in [2.24, 2.45) is 11.1 Å². The zero-order chi connectivity index (χ0) is 29.0. The number of allylic oxidation sites excluding steroid dienone is 2. The monoisotopic (exact) mass is 567 g/mol. The summed E-state index contributed by atoms with van der Waals surface area (Å²) < 4.78 is 0. The number of nitroso groups, excluding NO2 is 1. The summed E-state index contributed by atoms with van der Waals surface area (Å²) in [6.45, 7) is 8.37. The Kier molecular flexibility index (Phi) is 11.0. The highest BCUT2D eigenvalue weighted by Crippen LogP contribution is 2.33. The molecule has 0 saturated carbocycles. The van der Waals surface area contributed by atoms with E-state index in [9.17, 15) is 10.0 Å². The summed E-state index contributed by atoms with van der Waals surface area (Å²) in [5.41, 5.74) is 2.78. The first-order chi connectivity index (χ1) is 20.1. The van der Waals surface area contributed by atoms with Crippen LogP contribution in [0.4, 0.5) is 11.8 Å². The van der Waals surface area contributed by atoms with Gasteiger partial charge in [-0.15, -0.1) is 6.58 Å². The summed E-state index contributed by atoms with van der Waals surface area (Å²) in [6, 6.07) is 23.2. The lowest BCUT2D eigenvalue weighted by atomic mass is 9.91. The van der Waals surface area contributed by atoms with Gasteiger partial charge in [0, 0.05) is 21.7 Å². The minimum absolute atomic E-state index is 0.00791. The quantitative estimate of drug-likeness (QED) is 0.0989. The number of aliphatic hydroxyl groups excluding tert-OH is 1. The van der Waals surface area contributed by atoms with Crippen molar-refractivity contribution in [1.82, 2.24) is 9.97 Å². The number of para-hydroxylation sites is 1. The van der Waals surface area contributed by atoms with Crippen LogP contribution in [-0.4, -0.2) is 27.2 Å². The fraction of sp³-hybridized carbons (Fsp3) is 0.273. The van der Waals surface area contributed by atoms with E-state index in [0.717, 1.165) is 31.8 Å². The van der Waals surface area contributed by atoms with Gasteiger partial charge in [0.15, 0.2) is 0 Å². The highest BCUT2D eigenvalue weighted by Gasteiger charge is 2.27. The predicted octanol–water partition coefficient (Wildman–Crippen LogP) is 7.98. The van der Waals surface area contributed by atoms with Crippen LogP contribution in [-0.2, 0) is 13.2 Å². The predicted molar refractivity (Wildman–Crippen MR) is 170 cm³/mol. The van der Waals surface area contributed by atoms with Crippen LogP contribution in [0.5, 0.6) is 0 Å². The Bertz CT molecular complexity index is 1490. The molecule has 212 valence electrons. The molecule has 4 rings (SSSR count). The maximum atomic E-state index is 11.9.